The highest BCUT2D eigenvalue weighted by Gasteiger charge is 2.24. The van der Waals surface area contributed by atoms with Crippen LogP contribution in [-0.2, 0) is 0 Å². The first kappa shape index (κ1) is 13.9. The van der Waals surface area contributed by atoms with Crippen molar-refractivity contribution in [2.24, 2.45) is 0 Å². The van der Waals surface area contributed by atoms with Crippen molar-refractivity contribution in [2.75, 3.05) is 0 Å². The van der Waals surface area contributed by atoms with E-state index < -0.39 is 27.8 Å². The second-order valence-corrected chi connectivity index (χ2v) is 4.97. The van der Waals surface area contributed by atoms with Crippen molar-refractivity contribution in [3.05, 3.63) is 49.2 Å². The maximum atomic E-state index is 13.9. The normalized spacial score (nSPS) is 10.5. The summed E-state index contributed by atoms with van der Waals surface area (Å²) >= 11 is 6.09. The third-order valence-electron chi connectivity index (χ3n) is 2.15. The zero-order valence-electron chi connectivity index (χ0n) is 8.90. The quantitative estimate of drug-likeness (QED) is 0.440. The predicted octanol–water partition coefficient (Wildman–Crippen LogP) is 3.86. The Morgan fingerprint density at radius 2 is 1.74 bits per heavy atom. The largest absolute Gasteiger partial charge is 0.305 e. The highest BCUT2D eigenvalue weighted by Crippen LogP contribution is 2.31. The van der Waals surface area contributed by atoms with Crippen LogP contribution in [0.1, 0.15) is 0 Å². The molecule has 0 amide bonds. The van der Waals surface area contributed by atoms with Crippen LogP contribution in [0.4, 0.5) is 14.5 Å². The Kier molecular flexibility index (Phi) is 3.85. The van der Waals surface area contributed by atoms with Crippen LogP contribution >= 0.6 is 31.9 Å². The van der Waals surface area contributed by atoms with Crippen LogP contribution in [0.5, 0.6) is 0 Å². The van der Waals surface area contributed by atoms with Gasteiger partial charge in [0, 0.05) is 12.1 Å². The third kappa shape index (κ3) is 2.76. The lowest BCUT2D eigenvalue weighted by molar-refractivity contribution is -0.387. The molecule has 0 fully saturated rings. The predicted molar refractivity (Wildman–Crippen MR) is 69.4 cm³/mol. The topological polar surface area (TPSA) is 68.9 Å². The van der Waals surface area contributed by atoms with Crippen LogP contribution in [0.3, 0.4) is 0 Å². The fourth-order valence-electron chi connectivity index (χ4n) is 1.39. The molecule has 0 aliphatic rings. The first-order chi connectivity index (χ1) is 8.90. The minimum atomic E-state index is -1.31. The van der Waals surface area contributed by atoms with E-state index in [1.807, 2.05) is 0 Å². The minimum absolute atomic E-state index is 0.287. The highest BCUT2D eigenvalue weighted by atomic mass is 79.9. The molecule has 1 aromatic heterocycles. The molecule has 0 radical (unpaired) electrons. The number of benzene rings is 1. The molecule has 0 unspecified atom stereocenters. The maximum Gasteiger partial charge on any atom is 0.305 e. The standard InChI is InChI=1S/C10H3Br2F2N3O2/c11-6-3-7(12)16-10(15-6)8-4(13)1-2-5(9(8)14)17(18)19/h1-3H. The Morgan fingerprint density at radius 1 is 1.16 bits per heavy atom. The molecule has 0 atom stereocenters. The molecule has 98 valence electrons. The molecule has 1 aromatic carbocycles. The number of nitro benzene ring substituents is 1. The van der Waals surface area contributed by atoms with Crippen molar-refractivity contribution in [1.29, 1.82) is 0 Å². The number of nitro groups is 1. The number of rotatable bonds is 2. The van der Waals surface area contributed by atoms with E-state index in [-0.39, 0.29) is 15.0 Å². The first-order valence-electron chi connectivity index (χ1n) is 4.73. The summed E-state index contributed by atoms with van der Waals surface area (Å²) < 4.78 is 28.2. The van der Waals surface area contributed by atoms with E-state index >= 15 is 0 Å². The van der Waals surface area contributed by atoms with E-state index in [9.17, 15) is 18.9 Å². The van der Waals surface area contributed by atoms with Gasteiger partial charge in [-0.3, -0.25) is 10.1 Å². The average molecular weight is 395 g/mol. The molecule has 19 heavy (non-hydrogen) atoms. The van der Waals surface area contributed by atoms with Crippen LogP contribution in [0, 0.1) is 21.7 Å². The fourth-order valence-corrected chi connectivity index (χ4v) is 2.47. The maximum absolute atomic E-state index is 13.9. The Hall–Kier alpha value is -1.48. The van der Waals surface area contributed by atoms with Gasteiger partial charge >= 0.3 is 5.69 Å². The summed E-state index contributed by atoms with van der Waals surface area (Å²) in [6.07, 6.45) is 0. The Bertz CT molecular complexity index is 662. The van der Waals surface area contributed by atoms with Crippen molar-refractivity contribution in [3.8, 4) is 11.4 Å². The summed E-state index contributed by atoms with van der Waals surface area (Å²) in [6, 6.07) is 3.02. The van der Waals surface area contributed by atoms with E-state index in [2.05, 4.69) is 41.8 Å². The van der Waals surface area contributed by atoms with Gasteiger partial charge in [0.1, 0.15) is 15.0 Å². The molecule has 5 nitrogen and oxygen atoms in total. The number of halogens is 4. The minimum Gasteiger partial charge on any atom is -0.258 e. The molecule has 9 heteroatoms. The number of aromatic nitrogens is 2. The zero-order chi connectivity index (χ0) is 14.2. The number of hydrogen-bond acceptors (Lipinski definition) is 4. The smallest absolute Gasteiger partial charge is 0.258 e. The average Bonchev–Trinajstić information content (AvgIpc) is 2.26. The van der Waals surface area contributed by atoms with Gasteiger partial charge in [0.2, 0.25) is 5.82 Å². The zero-order valence-corrected chi connectivity index (χ0v) is 12.1. The Labute approximate surface area is 122 Å². The fraction of sp³-hybridized carbons (Fsp3) is 0. The van der Waals surface area contributed by atoms with Gasteiger partial charge in [-0.25, -0.2) is 14.4 Å². The van der Waals surface area contributed by atoms with E-state index in [1.165, 1.54) is 6.07 Å². The number of hydrogen-bond donors (Lipinski definition) is 0. The molecular formula is C10H3Br2F2N3O2. The van der Waals surface area contributed by atoms with Crippen molar-refractivity contribution < 1.29 is 13.7 Å². The van der Waals surface area contributed by atoms with E-state index in [1.54, 1.807) is 0 Å². The van der Waals surface area contributed by atoms with Crippen LogP contribution in [0.2, 0.25) is 0 Å². The van der Waals surface area contributed by atoms with Crippen molar-refractivity contribution in [1.82, 2.24) is 9.97 Å². The molecular weight excluding hydrogens is 392 g/mol. The molecule has 2 aromatic rings. The summed E-state index contributed by atoms with van der Waals surface area (Å²) in [4.78, 5) is 17.3. The lowest BCUT2D eigenvalue weighted by Crippen LogP contribution is -2.01. The summed E-state index contributed by atoms with van der Waals surface area (Å²) in [5.41, 5.74) is -1.48. The second-order valence-electron chi connectivity index (χ2n) is 3.35. The molecule has 1 heterocycles. The van der Waals surface area contributed by atoms with Crippen LogP contribution in [0.25, 0.3) is 11.4 Å². The highest BCUT2D eigenvalue weighted by molar-refractivity contribution is 9.11. The molecule has 2 rings (SSSR count). The summed E-state index contributed by atoms with van der Waals surface area (Å²) in [5.74, 6) is -2.58. The van der Waals surface area contributed by atoms with Crippen LogP contribution in [0.15, 0.2) is 27.4 Å². The SMILES string of the molecule is O=[N+]([O-])c1ccc(F)c(-c2nc(Br)cc(Br)n2)c1F. The van der Waals surface area contributed by atoms with Gasteiger partial charge in [-0.1, -0.05) is 0 Å². The third-order valence-corrected chi connectivity index (χ3v) is 2.97. The van der Waals surface area contributed by atoms with Gasteiger partial charge in [-0.05, 0) is 37.9 Å². The van der Waals surface area contributed by atoms with Crippen molar-refractivity contribution in [2.45, 2.75) is 0 Å². The summed E-state index contributed by atoms with van der Waals surface area (Å²) in [7, 11) is 0. The Morgan fingerprint density at radius 3 is 2.26 bits per heavy atom. The van der Waals surface area contributed by atoms with Crippen LogP contribution in [-0.4, -0.2) is 14.9 Å². The molecule has 0 saturated heterocycles. The first-order valence-corrected chi connectivity index (χ1v) is 6.31. The molecule has 0 N–H and O–H groups in total. The van der Waals surface area contributed by atoms with E-state index in [0.29, 0.717) is 0 Å². The molecule has 0 spiro atoms. The van der Waals surface area contributed by atoms with Gasteiger partial charge in [-0.15, -0.1) is 0 Å². The lowest BCUT2D eigenvalue weighted by atomic mass is 10.1. The number of nitrogens with zero attached hydrogens (tertiary/aromatic N) is 3. The molecule has 0 bridgehead atoms. The van der Waals surface area contributed by atoms with Crippen molar-refractivity contribution in [3.63, 3.8) is 0 Å². The van der Waals surface area contributed by atoms with Gasteiger partial charge in [0.05, 0.1) is 10.5 Å². The Balaban J connectivity index is 2.74. The van der Waals surface area contributed by atoms with Gasteiger partial charge in [-0.2, -0.15) is 4.39 Å². The van der Waals surface area contributed by atoms with Gasteiger partial charge in [0.15, 0.2) is 5.82 Å². The second kappa shape index (κ2) is 5.25. The molecule has 0 saturated carbocycles. The van der Waals surface area contributed by atoms with Gasteiger partial charge in [0.25, 0.3) is 0 Å². The van der Waals surface area contributed by atoms with E-state index in [4.69, 9.17) is 0 Å². The summed E-state index contributed by atoms with van der Waals surface area (Å²) in [5, 5.41) is 10.6. The van der Waals surface area contributed by atoms with Gasteiger partial charge < -0.3 is 0 Å². The van der Waals surface area contributed by atoms with Crippen molar-refractivity contribution >= 4 is 37.5 Å². The monoisotopic (exact) mass is 393 g/mol. The molecule has 0 aliphatic carbocycles. The van der Waals surface area contributed by atoms with Crippen LogP contribution < -0.4 is 0 Å². The lowest BCUT2D eigenvalue weighted by Gasteiger charge is -2.05. The summed E-state index contributed by atoms with van der Waals surface area (Å²) in [6.45, 7) is 0. The van der Waals surface area contributed by atoms with E-state index in [0.717, 1.165) is 12.1 Å². The molecule has 0 aliphatic heterocycles.